The molecule has 0 aliphatic carbocycles. The largest absolute Gasteiger partial charge is 0.294 e. The molecule has 0 spiro atoms. The topological polar surface area (TPSA) is 6.48 Å². The van der Waals surface area contributed by atoms with Gasteiger partial charge in [-0.2, -0.15) is 0 Å². The third-order valence-electron chi connectivity index (χ3n) is 7.39. The van der Waals surface area contributed by atoms with Gasteiger partial charge in [0.05, 0.1) is 0 Å². The Balaban J connectivity index is 1.39. The Hall–Kier alpha value is -0.940. The molecule has 4 heteroatoms. The maximum atomic E-state index is 2.78. The molecular formula is C28H40N2S2. The van der Waals surface area contributed by atoms with Crippen LogP contribution in [-0.4, -0.2) is 47.0 Å². The Morgan fingerprint density at radius 1 is 0.812 bits per heavy atom. The first kappa shape index (κ1) is 24.2. The van der Waals surface area contributed by atoms with E-state index in [1.807, 2.05) is 11.8 Å². The molecular weight excluding hydrogens is 428 g/mol. The molecule has 0 amide bonds. The number of hydrogen-bond donors (Lipinski definition) is 0. The molecule has 0 aromatic heterocycles. The van der Waals surface area contributed by atoms with Crippen LogP contribution >= 0.6 is 23.5 Å². The Morgan fingerprint density at radius 2 is 1.38 bits per heavy atom. The van der Waals surface area contributed by atoms with Gasteiger partial charge in [0, 0.05) is 34.0 Å². The van der Waals surface area contributed by atoms with Gasteiger partial charge in [0.1, 0.15) is 0 Å². The van der Waals surface area contributed by atoms with Crippen LogP contribution in [0.5, 0.6) is 0 Å². The molecule has 32 heavy (non-hydrogen) atoms. The van der Waals surface area contributed by atoms with Gasteiger partial charge in [-0.15, -0.1) is 23.5 Å². The molecule has 174 valence electrons. The molecule has 1 unspecified atom stereocenters. The average Bonchev–Trinajstić information content (AvgIpc) is 3.49. The first-order valence-corrected chi connectivity index (χ1v) is 14.7. The van der Waals surface area contributed by atoms with Crippen molar-refractivity contribution in [2.24, 2.45) is 0 Å². The van der Waals surface area contributed by atoms with Crippen LogP contribution in [0.2, 0.25) is 0 Å². The van der Waals surface area contributed by atoms with E-state index in [4.69, 9.17) is 0 Å². The van der Waals surface area contributed by atoms with Crippen LogP contribution in [0.15, 0.2) is 58.3 Å². The summed E-state index contributed by atoms with van der Waals surface area (Å²) in [5.41, 5.74) is 3.10. The van der Waals surface area contributed by atoms with E-state index >= 15 is 0 Å². The molecule has 0 radical (unpaired) electrons. The second kappa shape index (κ2) is 11.5. The van der Waals surface area contributed by atoms with Gasteiger partial charge in [-0.1, -0.05) is 36.4 Å². The summed E-state index contributed by atoms with van der Waals surface area (Å²) in [5.74, 6) is 1.19. The molecule has 2 aliphatic heterocycles. The summed E-state index contributed by atoms with van der Waals surface area (Å²) in [6, 6.07) is 20.7. The second-order valence-electron chi connectivity index (χ2n) is 9.65. The molecule has 2 aromatic rings. The molecule has 0 bridgehead atoms. The standard InChI is InChI=1S/C28H40N2S2/c1-21(2)29-18-9-13-25(29)24-12-6-8-16-28(24)32-20-17-22(3)30-19-10-14-26(30)23-11-5-7-15-27(23)31-4/h5-8,11-12,15-16,21-22,25-26H,9-10,13-14,17-20H2,1-4H3/t22?,25-,26+/m1/s1. The zero-order valence-corrected chi connectivity index (χ0v) is 21.9. The van der Waals surface area contributed by atoms with E-state index < -0.39 is 0 Å². The van der Waals surface area contributed by atoms with Crippen molar-refractivity contribution < 1.29 is 0 Å². The van der Waals surface area contributed by atoms with Crippen molar-refractivity contribution in [1.29, 1.82) is 0 Å². The van der Waals surface area contributed by atoms with Gasteiger partial charge in [-0.25, -0.2) is 0 Å². The van der Waals surface area contributed by atoms with Crippen molar-refractivity contribution >= 4 is 23.5 Å². The smallest absolute Gasteiger partial charge is 0.0362 e. The first-order valence-electron chi connectivity index (χ1n) is 12.5. The first-order chi connectivity index (χ1) is 15.6. The lowest BCUT2D eigenvalue weighted by molar-refractivity contribution is 0.187. The highest BCUT2D eigenvalue weighted by Crippen LogP contribution is 2.40. The summed E-state index contributed by atoms with van der Waals surface area (Å²) in [6.45, 7) is 9.62. The van der Waals surface area contributed by atoms with E-state index in [1.165, 1.54) is 66.3 Å². The van der Waals surface area contributed by atoms with Gasteiger partial charge in [0.25, 0.3) is 0 Å². The number of likely N-dealkylation sites (tertiary alicyclic amines) is 2. The number of rotatable bonds is 9. The van der Waals surface area contributed by atoms with Gasteiger partial charge >= 0.3 is 0 Å². The Morgan fingerprint density at radius 3 is 2.03 bits per heavy atom. The van der Waals surface area contributed by atoms with E-state index in [1.54, 1.807) is 5.56 Å². The van der Waals surface area contributed by atoms with Crippen LogP contribution in [0.3, 0.4) is 0 Å². The van der Waals surface area contributed by atoms with Crippen LogP contribution in [0.25, 0.3) is 0 Å². The van der Waals surface area contributed by atoms with Crippen molar-refractivity contribution in [3.05, 3.63) is 59.7 Å². The maximum absolute atomic E-state index is 2.78. The summed E-state index contributed by atoms with van der Waals surface area (Å²) < 4.78 is 0. The number of thioether (sulfide) groups is 2. The normalized spacial score (nSPS) is 23.3. The third kappa shape index (κ3) is 5.41. The molecule has 2 heterocycles. The van der Waals surface area contributed by atoms with E-state index in [0.717, 1.165) is 0 Å². The third-order valence-corrected chi connectivity index (χ3v) is 9.32. The highest BCUT2D eigenvalue weighted by molar-refractivity contribution is 7.99. The molecule has 3 atom stereocenters. The van der Waals surface area contributed by atoms with E-state index in [0.29, 0.717) is 24.2 Å². The lowest BCUT2D eigenvalue weighted by Crippen LogP contribution is -2.33. The molecule has 0 N–H and O–H groups in total. The van der Waals surface area contributed by atoms with Crippen LogP contribution < -0.4 is 0 Å². The van der Waals surface area contributed by atoms with Crippen LogP contribution in [0, 0.1) is 0 Å². The van der Waals surface area contributed by atoms with E-state index in [2.05, 4.69) is 97.1 Å². The number of nitrogens with zero attached hydrogens (tertiary/aromatic N) is 2. The van der Waals surface area contributed by atoms with Crippen molar-refractivity contribution in [3.63, 3.8) is 0 Å². The van der Waals surface area contributed by atoms with Crippen molar-refractivity contribution in [1.82, 2.24) is 9.80 Å². The van der Waals surface area contributed by atoms with Gasteiger partial charge in [-0.05, 0) is 101 Å². The molecule has 2 saturated heterocycles. The summed E-state index contributed by atoms with van der Waals surface area (Å²) in [7, 11) is 0. The van der Waals surface area contributed by atoms with Crippen LogP contribution in [0.1, 0.15) is 76.1 Å². The predicted molar refractivity (Wildman–Crippen MR) is 142 cm³/mol. The minimum Gasteiger partial charge on any atom is -0.294 e. The summed E-state index contributed by atoms with van der Waals surface area (Å²) in [6.07, 6.45) is 8.70. The fourth-order valence-electron chi connectivity index (χ4n) is 5.73. The van der Waals surface area contributed by atoms with Gasteiger partial charge < -0.3 is 0 Å². The minimum absolute atomic E-state index is 0.587. The Bertz CT molecular complexity index is 868. The van der Waals surface area contributed by atoms with Crippen LogP contribution in [-0.2, 0) is 0 Å². The monoisotopic (exact) mass is 468 g/mol. The number of hydrogen-bond acceptors (Lipinski definition) is 4. The molecule has 0 saturated carbocycles. The minimum atomic E-state index is 0.587. The van der Waals surface area contributed by atoms with E-state index in [9.17, 15) is 0 Å². The predicted octanol–water partition coefficient (Wildman–Crippen LogP) is 7.66. The number of benzene rings is 2. The Labute approximate surface area is 204 Å². The molecule has 4 rings (SSSR count). The van der Waals surface area contributed by atoms with Gasteiger partial charge in [0.15, 0.2) is 0 Å². The van der Waals surface area contributed by atoms with Crippen molar-refractivity contribution in [2.45, 2.75) is 86.8 Å². The summed E-state index contributed by atoms with van der Waals surface area (Å²) >= 11 is 3.97. The van der Waals surface area contributed by atoms with E-state index in [-0.39, 0.29) is 0 Å². The lowest BCUT2D eigenvalue weighted by Gasteiger charge is -2.32. The average molecular weight is 469 g/mol. The summed E-state index contributed by atoms with van der Waals surface area (Å²) in [5, 5.41) is 0. The molecule has 2 aromatic carbocycles. The van der Waals surface area contributed by atoms with Crippen molar-refractivity contribution in [2.75, 3.05) is 25.1 Å². The highest BCUT2D eigenvalue weighted by atomic mass is 32.2. The Kier molecular flexibility index (Phi) is 8.67. The molecule has 2 fully saturated rings. The molecule has 2 nitrogen and oxygen atoms in total. The quantitative estimate of drug-likeness (QED) is 0.348. The fourth-order valence-corrected chi connectivity index (χ4v) is 7.60. The molecule has 2 aliphatic rings. The lowest BCUT2D eigenvalue weighted by atomic mass is 10.0. The second-order valence-corrected chi connectivity index (χ2v) is 11.6. The fraction of sp³-hybridized carbons (Fsp3) is 0.571. The van der Waals surface area contributed by atoms with Gasteiger partial charge in [-0.3, -0.25) is 9.80 Å². The van der Waals surface area contributed by atoms with Crippen LogP contribution in [0.4, 0.5) is 0 Å². The SMILES string of the molecule is CSc1ccccc1[C@@H]1CCCN1C(C)CCSc1ccccc1[C@H]1CCCN1C(C)C. The maximum Gasteiger partial charge on any atom is 0.0362 e. The zero-order chi connectivity index (χ0) is 22.5. The van der Waals surface area contributed by atoms with Crippen molar-refractivity contribution in [3.8, 4) is 0 Å². The zero-order valence-electron chi connectivity index (χ0n) is 20.3. The highest BCUT2D eigenvalue weighted by Gasteiger charge is 2.31. The summed E-state index contributed by atoms with van der Waals surface area (Å²) in [4.78, 5) is 8.42. The van der Waals surface area contributed by atoms with Gasteiger partial charge in [0.2, 0.25) is 0 Å².